The third-order valence-electron chi connectivity index (χ3n) is 6.75. The smallest absolute Gasteiger partial charge is 0.125 e. The first-order valence-electron chi connectivity index (χ1n) is 12.1. The summed E-state index contributed by atoms with van der Waals surface area (Å²) >= 11 is 0. The van der Waals surface area contributed by atoms with Gasteiger partial charge in [-0.15, -0.1) is 0 Å². The van der Waals surface area contributed by atoms with Gasteiger partial charge in [0.1, 0.15) is 5.82 Å². The number of hydrogen-bond donors (Lipinski definition) is 3. The van der Waals surface area contributed by atoms with Crippen molar-refractivity contribution in [3.63, 3.8) is 0 Å². The van der Waals surface area contributed by atoms with Gasteiger partial charge in [0.05, 0.1) is 12.2 Å². The van der Waals surface area contributed by atoms with E-state index in [9.17, 15) is 10.2 Å². The van der Waals surface area contributed by atoms with Gasteiger partial charge in [0.15, 0.2) is 0 Å². The molecule has 166 valence electrons. The van der Waals surface area contributed by atoms with Crippen molar-refractivity contribution in [1.82, 2.24) is 4.98 Å². The maximum Gasteiger partial charge on any atom is 0.125 e. The average Bonchev–Trinajstić information content (AvgIpc) is 3.26. The highest BCUT2D eigenvalue weighted by atomic mass is 16.3. The minimum atomic E-state index is -0.365. The van der Waals surface area contributed by atoms with E-state index in [-0.39, 0.29) is 18.1 Å². The molecule has 1 heterocycles. The Bertz CT molecular complexity index is 673. The lowest BCUT2D eigenvalue weighted by Crippen LogP contribution is -2.18. The molecule has 0 aliphatic heterocycles. The summed E-state index contributed by atoms with van der Waals surface area (Å²) in [5.41, 5.74) is 1.58. The van der Waals surface area contributed by atoms with E-state index >= 15 is 0 Å². The number of pyridine rings is 1. The second-order valence-corrected chi connectivity index (χ2v) is 9.14. The summed E-state index contributed by atoms with van der Waals surface area (Å²) in [5.74, 6) is 2.21. The Balaban J connectivity index is 1.34. The molecule has 0 aromatic carbocycles. The van der Waals surface area contributed by atoms with Crippen LogP contribution in [0.4, 0.5) is 5.82 Å². The zero-order valence-corrected chi connectivity index (χ0v) is 18.5. The summed E-state index contributed by atoms with van der Waals surface area (Å²) < 4.78 is 0. The zero-order valence-electron chi connectivity index (χ0n) is 18.5. The van der Waals surface area contributed by atoms with E-state index in [1.807, 2.05) is 30.5 Å². The largest absolute Gasteiger partial charge is 0.392 e. The van der Waals surface area contributed by atoms with Crippen LogP contribution in [0.15, 0.2) is 48.2 Å². The first-order valence-corrected chi connectivity index (χ1v) is 12.1. The lowest BCUT2D eigenvalue weighted by molar-refractivity contribution is 0.139. The van der Waals surface area contributed by atoms with Crippen molar-refractivity contribution >= 4 is 5.82 Å². The van der Waals surface area contributed by atoms with Crippen LogP contribution in [0.25, 0.3) is 0 Å². The molecular formula is C26H40N2O2. The number of aromatic nitrogens is 1. The summed E-state index contributed by atoms with van der Waals surface area (Å²) in [7, 11) is 0. The van der Waals surface area contributed by atoms with Gasteiger partial charge in [-0.3, -0.25) is 0 Å². The molecule has 1 saturated carbocycles. The van der Waals surface area contributed by atoms with Crippen LogP contribution in [0.5, 0.6) is 0 Å². The highest BCUT2D eigenvalue weighted by molar-refractivity contribution is 5.32. The molecule has 1 aromatic rings. The Morgan fingerprint density at radius 3 is 2.90 bits per heavy atom. The maximum atomic E-state index is 10.5. The van der Waals surface area contributed by atoms with Crippen molar-refractivity contribution in [3.05, 3.63) is 48.2 Å². The standard InChI is InChI=1S/C26H40N2O2/c1-2-3-5-11-22(29)13-14-23-24-18-20(17-21(24)19-25(23)30)10-6-4-8-15-27-26-12-7-9-16-28-26/h7,9,12-14,16-17,21-25,29-30H,2-6,8,10-11,15,18-19H2,1H3,(H,27,28)/b14-13+/t21-,22-,23+,24-,25+/m0/s1. The highest BCUT2D eigenvalue weighted by Crippen LogP contribution is 2.48. The van der Waals surface area contributed by atoms with Gasteiger partial charge >= 0.3 is 0 Å². The molecule has 0 spiro atoms. The third kappa shape index (κ3) is 6.95. The van der Waals surface area contributed by atoms with E-state index in [4.69, 9.17) is 0 Å². The number of aliphatic hydroxyl groups is 2. The van der Waals surface area contributed by atoms with Gasteiger partial charge in [0.25, 0.3) is 0 Å². The number of nitrogens with one attached hydrogen (secondary N) is 1. The first kappa shape index (κ1) is 23.0. The van der Waals surface area contributed by atoms with Gasteiger partial charge in [-0.05, 0) is 62.5 Å². The van der Waals surface area contributed by atoms with Crippen molar-refractivity contribution in [2.45, 2.75) is 83.3 Å². The Morgan fingerprint density at radius 2 is 2.10 bits per heavy atom. The van der Waals surface area contributed by atoms with Crippen LogP contribution in [-0.4, -0.2) is 33.9 Å². The Morgan fingerprint density at radius 1 is 1.20 bits per heavy atom. The molecule has 0 saturated heterocycles. The van der Waals surface area contributed by atoms with Gasteiger partial charge in [-0.25, -0.2) is 4.98 Å². The molecule has 0 unspecified atom stereocenters. The summed E-state index contributed by atoms with van der Waals surface area (Å²) in [6.07, 6.45) is 18.8. The molecule has 2 aliphatic rings. The molecule has 3 N–H and O–H groups in total. The van der Waals surface area contributed by atoms with E-state index in [0.29, 0.717) is 11.8 Å². The number of anilines is 1. The quantitative estimate of drug-likeness (QED) is 0.296. The fraction of sp³-hybridized carbons (Fsp3) is 0.654. The fourth-order valence-electron chi connectivity index (χ4n) is 5.08. The van der Waals surface area contributed by atoms with Crippen molar-refractivity contribution < 1.29 is 10.2 Å². The van der Waals surface area contributed by atoms with Crippen molar-refractivity contribution in [2.24, 2.45) is 17.8 Å². The molecule has 1 fully saturated rings. The van der Waals surface area contributed by atoms with Crippen molar-refractivity contribution in [1.29, 1.82) is 0 Å². The molecule has 30 heavy (non-hydrogen) atoms. The fourth-order valence-corrected chi connectivity index (χ4v) is 5.08. The summed E-state index contributed by atoms with van der Waals surface area (Å²) in [6.45, 7) is 3.15. The summed E-state index contributed by atoms with van der Waals surface area (Å²) in [4.78, 5) is 4.29. The predicted octanol–water partition coefficient (Wildman–Crippen LogP) is 5.49. The number of fused-ring (bicyclic) bond motifs is 1. The van der Waals surface area contributed by atoms with Gasteiger partial charge < -0.3 is 15.5 Å². The molecule has 2 aliphatic carbocycles. The Hall–Kier alpha value is -1.65. The van der Waals surface area contributed by atoms with E-state index in [2.05, 4.69) is 29.4 Å². The number of nitrogens with zero attached hydrogens (tertiary/aromatic N) is 1. The van der Waals surface area contributed by atoms with Crippen molar-refractivity contribution in [3.8, 4) is 0 Å². The maximum absolute atomic E-state index is 10.5. The molecule has 4 heteroatoms. The molecular weight excluding hydrogens is 372 g/mol. The van der Waals surface area contributed by atoms with Crippen LogP contribution in [0.3, 0.4) is 0 Å². The zero-order chi connectivity index (χ0) is 21.2. The number of aliphatic hydroxyl groups excluding tert-OH is 2. The number of hydrogen-bond acceptors (Lipinski definition) is 4. The van der Waals surface area contributed by atoms with E-state index in [0.717, 1.165) is 44.5 Å². The van der Waals surface area contributed by atoms with E-state index in [1.165, 1.54) is 32.1 Å². The van der Waals surface area contributed by atoms with Crippen molar-refractivity contribution in [2.75, 3.05) is 11.9 Å². The molecule has 5 atom stereocenters. The van der Waals surface area contributed by atoms with Gasteiger partial charge in [0.2, 0.25) is 0 Å². The SMILES string of the molecule is CCCCC[C@H](O)/C=C/[C@@H]1[C@H]2CC(CCCCCNc3ccccn3)=C[C@H]2C[C@H]1O. The van der Waals surface area contributed by atoms with Crippen LogP contribution in [0, 0.1) is 17.8 Å². The monoisotopic (exact) mass is 412 g/mol. The van der Waals surface area contributed by atoms with Crippen LogP contribution in [0.2, 0.25) is 0 Å². The molecule has 1 aromatic heterocycles. The second-order valence-electron chi connectivity index (χ2n) is 9.14. The van der Waals surface area contributed by atoms with Crippen LogP contribution >= 0.6 is 0 Å². The lowest BCUT2D eigenvalue weighted by atomic mass is 9.88. The molecule has 0 radical (unpaired) electrons. The first-order chi connectivity index (χ1) is 14.7. The predicted molar refractivity (Wildman–Crippen MR) is 124 cm³/mol. The Kier molecular flexibility index (Phi) is 9.41. The van der Waals surface area contributed by atoms with E-state index < -0.39 is 0 Å². The number of allylic oxidation sites excluding steroid dienone is 2. The third-order valence-corrected chi connectivity index (χ3v) is 6.75. The number of rotatable bonds is 13. The Labute approximate surface area is 182 Å². The molecule has 4 nitrogen and oxygen atoms in total. The number of unbranched alkanes of at least 4 members (excludes halogenated alkanes) is 4. The van der Waals surface area contributed by atoms with Crippen LogP contribution in [0.1, 0.15) is 71.1 Å². The second kappa shape index (κ2) is 12.3. The lowest BCUT2D eigenvalue weighted by Gasteiger charge is -2.19. The van der Waals surface area contributed by atoms with Gasteiger partial charge in [-0.1, -0.05) is 62.5 Å². The topological polar surface area (TPSA) is 65.4 Å². The van der Waals surface area contributed by atoms with Gasteiger partial charge in [-0.2, -0.15) is 0 Å². The minimum absolute atomic E-state index is 0.201. The van der Waals surface area contributed by atoms with Crippen LogP contribution in [-0.2, 0) is 0 Å². The average molecular weight is 413 g/mol. The molecule has 0 bridgehead atoms. The minimum Gasteiger partial charge on any atom is -0.392 e. The van der Waals surface area contributed by atoms with Crippen LogP contribution < -0.4 is 5.32 Å². The molecule has 3 rings (SSSR count). The molecule has 0 amide bonds. The van der Waals surface area contributed by atoms with Gasteiger partial charge in [0, 0.05) is 18.7 Å². The summed E-state index contributed by atoms with van der Waals surface area (Å²) in [5, 5.41) is 24.1. The van der Waals surface area contributed by atoms with E-state index in [1.54, 1.807) is 5.57 Å². The highest BCUT2D eigenvalue weighted by Gasteiger charge is 2.43. The summed E-state index contributed by atoms with van der Waals surface area (Å²) in [6, 6.07) is 5.95. The normalized spacial score (nSPS) is 26.7.